The van der Waals surface area contributed by atoms with Gasteiger partial charge in [-0.2, -0.15) is 0 Å². The lowest BCUT2D eigenvalue weighted by Gasteiger charge is -2.29. The molecule has 0 unspecified atom stereocenters. The number of benzene rings is 1. The fourth-order valence-corrected chi connectivity index (χ4v) is 2.71. The van der Waals surface area contributed by atoms with E-state index < -0.39 is 0 Å². The summed E-state index contributed by atoms with van der Waals surface area (Å²) in [6, 6.07) is 3.95. The van der Waals surface area contributed by atoms with Gasteiger partial charge in [-0.15, -0.1) is 12.4 Å². The van der Waals surface area contributed by atoms with Crippen molar-refractivity contribution in [1.82, 2.24) is 0 Å². The quantitative estimate of drug-likeness (QED) is 0.929. The molecule has 1 aromatic carbocycles. The highest BCUT2D eigenvalue weighted by Gasteiger charge is 2.27. The molecule has 1 aliphatic rings. The Hall–Kier alpha value is -0.970. The minimum atomic E-state index is -0.0746. The minimum absolute atomic E-state index is 0. The second-order valence-electron chi connectivity index (χ2n) is 5.06. The van der Waals surface area contributed by atoms with E-state index in [4.69, 9.17) is 19.9 Å². The molecule has 1 heterocycles. The van der Waals surface area contributed by atoms with Crippen LogP contribution in [0.2, 0.25) is 0 Å². The Kier molecular flexibility index (Phi) is 6.59. The van der Waals surface area contributed by atoms with E-state index in [0.29, 0.717) is 5.92 Å². The van der Waals surface area contributed by atoms with E-state index in [9.17, 15) is 0 Å². The summed E-state index contributed by atoms with van der Waals surface area (Å²) in [5, 5.41) is 0. The standard InChI is InChI=1S/C15H23NO3.ClH/c1-10-8-12(17-2)14(13(9-10)18-3)15(16)11-4-6-19-7-5-11;/h8-9,11,15H,4-7,16H2,1-3H3;1H/t15-;/m0./s1. The molecule has 0 bridgehead atoms. The zero-order valence-electron chi connectivity index (χ0n) is 12.3. The Morgan fingerprint density at radius 2 is 1.65 bits per heavy atom. The fraction of sp³-hybridized carbons (Fsp3) is 0.600. The highest BCUT2D eigenvalue weighted by Crippen LogP contribution is 2.39. The average molecular weight is 302 g/mol. The van der Waals surface area contributed by atoms with Gasteiger partial charge >= 0.3 is 0 Å². The summed E-state index contributed by atoms with van der Waals surface area (Å²) in [4.78, 5) is 0. The topological polar surface area (TPSA) is 53.7 Å². The molecule has 1 fully saturated rings. The molecule has 2 rings (SSSR count). The number of hydrogen-bond donors (Lipinski definition) is 1. The first kappa shape index (κ1) is 17.1. The van der Waals surface area contributed by atoms with E-state index >= 15 is 0 Å². The van der Waals surface area contributed by atoms with Gasteiger partial charge in [-0.25, -0.2) is 0 Å². The van der Waals surface area contributed by atoms with Gasteiger partial charge in [0.15, 0.2) is 0 Å². The van der Waals surface area contributed by atoms with Gasteiger partial charge in [0.05, 0.1) is 19.8 Å². The molecule has 2 N–H and O–H groups in total. The van der Waals surface area contributed by atoms with Crippen molar-refractivity contribution in [3.05, 3.63) is 23.3 Å². The molecule has 0 radical (unpaired) electrons. The van der Waals surface area contributed by atoms with E-state index in [-0.39, 0.29) is 18.4 Å². The predicted octanol–water partition coefficient (Wildman–Crippen LogP) is 2.86. The molecule has 0 saturated carbocycles. The van der Waals surface area contributed by atoms with Crippen LogP contribution in [-0.2, 0) is 4.74 Å². The second kappa shape index (κ2) is 7.72. The maximum atomic E-state index is 6.46. The van der Waals surface area contributed by atoms with Crippen molar-refractivity contribution < 1.29 is 14.2 Å². The van der Waals surface area contributed by atoms with E-state index in [1.54, 1.807) is 14.2 Å². The first-order valence-corrected chi connectivity index (χ1v) is 6.73. The van der Waals surface area contributed by atoms with Crippen molar-refractivity contribution in [3.63, 3.8) is 0 Å². The summed E-state index contributed by atoms with van der Waals surface area (Å²) >= 11 is 0. The molecule has 5 heteroatoms. The lowest BCUT2D eigenvalue weighted by Crippen LogP contribution is -2.28. The van der Waals surface area contributed by atoms with Gasteiger partial charge in [0.1, 0.15) is 11.5 Å². The largest absolute Gasteiger partial charge is 0.496 e. The Balaban J connectivity index is 0.00000200. The zero-order valence-corrected chi connectivity index (χ0v) is 13.2. The van der Waals surface area contributed by atoms with Gasteiger partial charge in [-0.3, -0.25) is 0 Å². The van der Waals surface area contributed by atoms with Crippen LogP contribution in [0.15, 0.2) is 12.1 Å². The van der Waals surface area contributed by atoms with Crippen LogP contribution < -0.4 is 15.2 Å². The molecule has 20 heavy (non-hydrogen) atoms. The summed E-state index contributed by atoms with van der Waals surface area (Å²) in [6.45, 7) is 3.60. The third-order valence-electron chi connectivity index (χ3n) is 3.80. The molecule has 0 spiro atoms. The highest BCUT2D eigenvalue weighted by molar-refractivity contribution is 5.85. The van der Waals surface area contributed by atoms with Crippen LogP contribution in [0.4, 0.5) is 0 Å². The molecule has 1 aromatic rings. The number of aryl methyl sites for hydroxylation is 1. The first-order chi connectivity index (χ1) is 9.17. The van der Waals surface area contributed by atoms with Crippen LogP contribution >= 0.6 is 12.4 Å². The molecule has 0 aromatic heterocycles. The molecule has 0 amide bonds. The third-order valence-corrected chi connectivity index (χ3v) is 3.80. The monoisotopic (exact) mass is 301 g/mol. The lowest BCUT2D eigenvalue weighted by molar-refractivity contribution is 0.0578. The molecular weight excluding hydrogens is 278 g/mol. The van der Waals surface area contributed by atoms with Crippen molar-refractivity contribution in [1.29, 1.82) is 0 Å². The Labute approximate surface area is 127 Å². The first-order valence-electron chi connectivity index (χ1n) is 6.73. The number of nitrogens with two attached hydrogens (primary N) is 1. The van der Waals surface area contributed by atoms with Crippen molar-refractivity contribution in [2.24, 2.45) is 11.7 Å². The van der Waals surface area contributed by atoms with E-state index in [1.165, 1.54) is 0 Å². The Bertz CT molecular complexity index is 408. The second-order valence-corrected chi connectivity index (χ2v) is 5.06. The summed E-state index contributed by atoms with van der Waals surface area (Å²) in [5.41, 5.74) is 8.54. The van der Waals surface area contributed by atoms with Gasteiger partial charge in [-0.1, -0.05) is 0 Å². The van der Waals surface area contributed by atoms with Crippen LogP contribution in [0.1, 0.15) is 30.0 Å². The fourth-order valence-electron chi connectivity index (χ4n) is 2.71. The Morgan fingerprint density at radius 1 is 1.15 bits per heavy atom. The maximum absolute atomic E-state index is 6.46. The molecule has 114 valence electrons. The van der Waals surface area contributed by atoms with Crippen molar-refractivity contribution in [2.45, 2.75) is 25.8 Å². The Morgan fingerprint density at radius 3 is 2.10 bits per heavy atom. The van der Waals surface area contributed by atoms with Crippen LogP contribution in [0.25, 0.3) is 0 Å². The molecule has 4 nitrogen and oxygen atoms in total. The number of halogens is 1. The number of hydrogen-bond acceptors (Lipinski definition) is 4. The normalized spacial score (nSPS) is 17.2. The van der Waals surface area contributed by atoms with Gasteiger partial charge < -0.3 is 19.9 Å². The van der Waals surface area contributed by atoms with E-state index in [2.05, 4.69) is 0 Å². The summed E-state index contributed by atoms with van der Waals surface area (Å²) in [6.07, 6.45) is 1.97. The molecule has 1 saturated heterocycles. The lowest BCUT2D eigenvalue weighted by atomic mass is 9.86. The summed E-state index contributed by atoms with van der Waals surface area (Å²) < 4.78 is 16.4. The van der Waals surface area contributed by atoms with Crippen molar-refractivity contribution in [2.75, 3.05) is 27.4 Å². The summed E-state index contributed by atoms with van der Waals surface area (Å²) in [7, 11) is 3.35. The average Bonchev–Trinajstić information content (AvgIpc) is 2.46. The van der Waals surface area contributed by atoms with Gasteiger partial charge in [0.25, 0.3) is 0 Å². The molecule has 1 aliphatic heterocycles. The van der Waals surface area contributed by atoms with Gasteiger partial charge in [-0.05, 0) is 43.4 Å². The van der Waals surface area contributed by atoms with Crippen molar-refractivity contribution >= 4 is 12.4 Å². The van der Waals surface area contributed by atoms with Crippen LogP contribution in [0.5, 0.6) is 11.5 Å². The molecular formula is C15H24ClNO3. The smallest absolute Gasteiger partial charge is 0.127 e. The number of methoxy groups -OCH3 is 2. The van der Waals surface area contributed by atoms with Crippen LogP contribution in [0, 0.1) is 12.8 Å². The van der Waals surface area contributed by atoms with Gasteiger partial charge in [0.2, 0.25) is 0 Å². The third kappa shape index (κ3) is 3.57. The maximum Gasteiger partial charge on any atom is 0.127 e. The van der Waals surface area contributed by atoms with E-state index in [0.717, 1.165) is 48.7 Å². The predicted molar refractivity (Wildman–Crippen MR) is 82.0 cm³/mol. The summed E-state index contributed by atoms with van der Waals surface area (Å²) in [5.74, 6) is 2.05. The number of ether oxygens (including phenoxy) is 3. The van der Waals surface area contributed by atoms with Crippen molar-refractivity contribution in [3.8, 4) is 11.5 Å². The zero-order chi connectivity index (χ0) is 13.8. The highest BCUT2D eigenvalue weighted by atomic mass is 35.5. The van der Waals surface area contributed by atoms with Gasteiger partial charge in [0, 0.05) is 19.3 Å². The molecule has 1 atom stereocenters. The minimum Gasteiger partial charge on any atom is -0.496 e. The SMILES string of the molecule is COc1cc(C)cc(OC)c1[C@@H](N)C1CCOCC1.Cl. The van der Waals surface area contributed by atoms with Crippen LogP contribution in [-0.4, -0.2) is 27.4 Å². The number of rotatable bonds is 4. The molecule has 0 aliphatic carbocycles. The van der Waals surface area contributed by atoms with E-state index in [1.807, 2.05) is 19.1 Å². The van der Waals surface area contributed by atoms with Crippen LogP contribution in [0.3, 0.4) is 0 Å².